The highest BCUT2D eigenvalue weighted by molar-refractivity contribution is 5.91. The maximum atomic E-state index is 12.3. The molecule has 4 heteroatoms. The molecule has 0 amide bonds. The van der Waals surface area contributed by atoms with Gasteiger partial charge in [-0.15, -0.1) is 6.58 Å². The van der Waals surface area contributed by atoms with E-state index < -0.39 is 5.97 Å². The first-order valence-electron chi connectivity index (χ1n) is 9.91. The average Bonchev–Trinajstić information content (AvgIpc) is 2.73. The number of esters is 1. The summed E-state index contributed by atoms with van der Waals surface area (Å²) in [5.41, 5.74) is 0.485. The zero-order valence-electron chi connectivity index (χ0n) is 16.9. The Bertz CT molecular complexity index is 719. The Hall–Kier alpha value is -2.75. The molecule has 2 aromatic carbocycles. The summed E-state index contributed by atoms with van der Waals surface area (Å²) in [6.45, 7) is 9.38. The molecule has 2 rings (SSSR count). The second-order valence-electron chi connectivity index (χ2n) is 6.82. The molecule has 1 atom stereocenters. The van der Waals surface area contributed by atoms with Crippen molar-refractivity contribution in [3.63, 3.8) is 0 Å². The molecule has 0 spiro atoms. The van der Waals surface area contributed by atoms with E-state index in [0.29, 0.717) is 24.5 Å². The number of benzene rings is 2. The van der Waals surface area contributed by atoms with E-state index in [9.17, 15) is 4.79 Å². The van der Waals surface area contributed by atoms with E-state index in [0.717, 1.165) is 30.3 Å². The highest BCUT2D eigenvalue weighted by atomic mass is 16.5. The lowest BCUT2D eigenvalue weighted by molar-refractivity contribution is 0.0734. The monoisotopic (exact) mass is 382 g/mol. The number of carbonyl (C=O) groups is 1. The van der Waals surface area contributed by atoms with E-state index in [1.807, 2.05) is 0 Å². The molecule has 28 heavy (non-hydrogen) atoms. The second-order valence-corrected chi connectivity index (χ2v) is 6.82. The van der Waals surface area contributed by atoms with Gasteiger partial charge in [-0.25, -0.2) is 4.79 Å². The standard InChI is InChI=1S/C24H30O4/c1-4-6-17-26-22-13-15-23(16-14-22)28-24(25)20-9-11-21(12-10-20)27-18-7-8-19(3)5-2/h4,9-16,19H,1,5-8,17-18H2,2-3H3. The average molecular weight is 383 g/mol. The topological polar surface area (TPSA) is 44.8 Å². The maximum absolute atomic E-state index is 12.3. The SMILES string of the molecule is C=CCCOc1ccc(OC(=O)c2ccc(OCCCC(C)CC)cc2)cc1. The molecule has 0 heterocycles. The first-order chi connectivity index (χ1) is 13.6. The summed E-state index contributed by atoms with van der Waals surface area (Å²) in [7, 11) is 0. The van der Waals surface area contributed by atoms with Crippen molar-refractivity contribution < 1.29 is 19.0 Å². The molecule has 0 radical (unpaired) electrons. The third-order valence-electron chi connectivity index (χ3n) is 4.52. The summed E-state index contributed by atoms with van der Waals surface area (Å²) < 4.78 is 16.7. The lowest BCUT2D eigenvalue weighted by Crippen LogP contribution is -2.08. The molecule has 0 aromatic heterocycles. The third-order valence-corrected chi connectivity index (χ3v) is 4.52. The van der Waals surface area contributed by atoms with Gasteiger partial charge in [-0.05, 0) is 73.7 Å². The van der Waals surface area contributed by atoms with E-state index in [1.54, 1.807) is 54.6 Å². The molecule has 0 saturated heterocycles. The van der Waals surface area contributed by atoms with Crippen LogP contribution in [0.3, 0.4) is 0 Å². The summed E-state index contributed by atoms with van der Waals surface area (Å²) in [5.74, 6) is 2.31. The van der Waals surface area contributed by atoms with Gasteiger partial charge in [0.1, 0.15) is 17.2 Å². The Morgan fingerprint density at radius 1 is 0.964 bits per heavy atom. The van der Waals surface area contributed by atoms with Crippen LogP contribution in [0.1, 0.15) is 49.9 Å². The fourth-order valence-corrected chi connectivity index (χ4v) is 2.54. The third kappa shape index (κ3) is 7.47. The first-order valence-corrected chi connectivity index (χ1v) is 9.91. The largest absolute Gasteiger partial charge is 0.494 e. The number of hydrogen-bond donors (Lipinski definition) is 0. The van der Waals surface area contributed by atoms with E-state index in [1.165, 1.54) is 12.8 Å². The van der Waals surface area contributed by atoms with Crippen molar-refractivity contribution in [1.29, 1.82) is 0 Å². The van der Waals surface area contributed by atoms with Crippen molar-refractivity contribution in [2.24, 2.45) is 5.92 Å². The molecule has 0 fully saturated rings. The van der Waals surface area contributed by atoms with Crippen molar-refractivity contribution in [3.8, 4) is 17.2 Å². The van der Waals surface area contributed by atoms with Crippen molar-refractivity contribution in [2.75, 3.05) is 13.2 Å². The van der Waals surface area contributed by atoms with Crippen molar-refractivity contribution in [1.82, 2.24) is 0 Å². The molecule has 0 aliphatic heterocycles. The van der Waals surface area contributed by atoms with Crippen LogP contribution in [0.4, 0.5) is 0 Å². The normalized spacial score (nSPS) is 11.5. The van der Waals surface area contributed by atoms with Crippen LogP contribution in [-0.2, 0) is 0 Å². The molecule has 0 aliphatic rings. The molecule has 1 unspecified atom stereocenters. The smallest absolute Gasteiger partial charge is 0.343 e. The zero-order valence-corrected chi connectivity index (χ0v) is 16.9. The summed E-state index contributed by atoms with van der Waals surface area (Å²) >= 11 is 0. The number of rotatable bonds is 12. The Morgan fingerprint density at radius 3 is 2.14 bits per heavy atom. The van der Waals surface area contributed by atoms with E-state index >= 15 is 0 Å². The van der Waals surface area contributed by atoms with Gasteiger partial charge < -0.3 is 14.2 Å². The number of hydrogen-bond acceptors (Lipinski definition) is 4. The van der Waals surface area contributed by atoms with Crippen molar-refractivity contribution >= 4 is 5.97 Å². The summed E-state index contributed by atoms with van der Waals surface area (Å²) in [6.07, 6.45) is 5.99. The van der Waals surface area contributed by atoms with Crippen molar-refractivity contribution in [2.45, 2.75) is 39.5 Å². The summed E-state index contributed by atoms with van der Waals surface area (Å²) in [5, 5.41) is 0. The fraction of sp³-hybridized carbons (Fsp3) is 0.375. The predicted octanol–water partition coefficient (Wildman–Crippen LogP) is 6.07. The molecule has 150 valence electrons. The number of ether oxygens (including phenoxy) is 3. The molecule has 4 nitrogen and oxygen atoms in total. The molecular weight excluding hydrogens is 352 g/mol. The Labute approximate surface area is 168 Å². The van der Waals surface area contributed by atoms with Crippen LogP contribution in [0.15, 0.2) is 61.2 Å². The van der Waals surface area contributed by atoms with E-state index in [-0.39, 0.29) is 0 Å². The minimum absolute atomic E-state index is 0.399. The van der Waals surface area contributed by atoms with Gasteiger partial charge in [0, 0.05) is 0 Å². The van der Waals surface area contributed by atoms with Gasteiger partial charge in [-0.1, -0.05) is 26.3 Å². The van der Waals surface area contributed by atoms with Crippen LogP contribution in [0.2, 0.25) is 0 Å². The Kier molecular flexibility index (Phi) is 9.13. The van der Waals surface area contributed by atoms with Crippen LogP contribution < -0.4 is 14.2 Å². The highest BCUT2D eigenvalue weighted by Gasteiger charge is 2.09. The van der Waals surface area contributed by atoms with Crippen LogP contribution >= 0.6 is 0 Å². The van der Waals surface area contributed by atoms with Crippen LogP contribution in [0.5, 0.6) is 17.2 Å². The Morgan fingerprint density at radius 2 is 1.54 bits per heavy atom. The first kappa shape index (κ1) is 21.5. The van der Waals surface area contributed by atoms with Gasteiger partial charge in [0.2, 0.25) is 0 Å². The zero-order chi connectivity index (χ0) is 20.2. The lowest BCUT2D eigenvalue weighted by atomic mass is 10.0. The fourth-order valence-electron chi connectivity index (χ4n) is 2.54. The minimum atomic E-state index is -0.399. The van der Waals surface area contributed by atoms with Crippen LogP contribution in [-0.4, -0.2) is 19.2 Å². The van der Waals surface area contributed by atoms with Gasteiger partial charge in [0.05, 0.1) is 18.8 Å². The van der Waals surface area contributed by atoms with Gasteiger partial charge >= 0.3 is 5.97 Å². The van der Waals surface area contributed by atoms with Gasteiger partial charge in [0.15, 0.2) is 0 Å². The molecule has 0 bridgehead atoms. The molecule has 2 aromatic rings. The Balaban J connectivity index is 1.79. The molecule has 0 saturated carbocycles. The van der Waals surface area contributed by atoms with Crippen LogP contribution in [0.25, 0.3) is 0 Å². The van der Waals surface area contributed by atoms with Crippen LogP contribution in [0, 0.1) is 5.92 Å². The second kappa shape index (κ2) is 11.9. The van der Waals surface area contributed by atoms with Gasteiger partial charge in [0.25, 0.3) is 0 Å². The summed E-state index contributed by atoms with van der Waals surface area (Å²) in [4.78, 5) is 12.3. The molecular formula is C24H30O4. The van der Waals surface area contributed by atoms with Gasteiger partial charge in [-0.2, -0.15) is 0 Å². The van der Waals surface area contributed by atoms with E-state index in [2.05, 4.69) is 20.4 Å². The predicted molar refractivity (Wildman–Crippen MR) is 112 cm³/mol. The minimum Gasteiger partial charge on any atom is -0.494 e. The van der Waals surface area contributed by atoms with E-state index in [4.69, 9.17) is 14.2 Å². The quantitative estimate of drug-likeness (QED) is 0.193. The highest BCUT2D eigenvalue weighted by Crippen LogP contribution is 2.20. The lowest BCUT2D eigenvalue weighted by Gasteiger charge is -2.10. The summed E-state index contributed by atoms with van der Waals surface area (Å²) in [6, 6.07) is 14.0. The van der Waals surface area contributed by atoms with Crippen molar-refractivity contribution in [3.05, 3.63) is 66.7 Å². The molecule has 0 N–H and O–H groups in total. The van der Waals surface area contributed by atoms with Gasteiger partial charge in [-0.3, -0.25) is 0 Å². The molecule has 0 aliphatic carbocycles. The number of carbonyl (C=O) groups excluding carboxylic acids is 1. The maximum Gasteiger partial charge on any atom is 0.343 e.